The molecule has 3 heterocycles. The predicted molar refractivity (Wildman–Crippen MR) is 109 cm³/mol. The lowest BCUT2D eigenvalue weighted by Crippen LogP contribution is -2.49. The molecule has 0 amide bonds. The Morgan fingerprint density at radius 3 is 2.64 bits per heavy atom. The zero-order valence-corrected chi connectivity index (χ0v) is 16.3. The fourth-order valence-electron chi connectivity index (χ4n) is 3.22. The van der Waals surface area contributed by atoms with Gasteiger partial charge in [-0.05, 0) is 24.6 Å². The summed E-state index contributed by atoms with van der Waals surface area (Å²) >= 11 is 1.54. The predicted octanol–water partition coefficient (Wildman–Crippen LogP) is 3.27. The Labute approximate surface area is 167 Å². The number of carboxylic acid groups (broad SMARTS) is 1. The number of hydrogen-bond acceptors (Lipinski definition) is 7. The lowest BCUT2D eigenvalue weighted by atomic mass is 9.99. The van der Waals surface area contributed by atoms with E-state index in [2.05, 4.69) is 39.1 Å². The molecule has 8 heteroatoms. The molecule has 28 heavy (non-hydrogen) atoms. The summed E-state index contributed by atoms with van der Waals surface area (Å²) < 4.78 is 0. The van der Waals surface area contributed by atoms with Crippen molar-refractivity contribution in [2.45, 2.75) is 13.5 Å². The number of anilines is 2. The van der Waals surface area contributed by atoms with Crippen LogP contribution in [0.3, 0.4) is 0 Å². The molecule has 1 saturated heterocycles. The number of aliphatic carboxylic acids is 1. The monoisotopic (exact) mass is 395 g/mol. The topological polar surface area (TPSA) is 82.5 Å². The Balaban J connectivity index is 1.43. The van der Waals surface area contributed by atoms with Gasteiger partial charge >= 0.3 is 5.97 Å². The van der Waals surface area contributed by atoms with Crippen molar-refractivity contribution in [3.05, 3.63) is 54.2 Å². The number of likely N-dealkylation sites (tertiary alicyclic amines) is 1. The molecule has 0 atom stereocenters. The Morgan fingerprint density at radius 2 is 2.00 bits per heavy atom. The van der Waals surface area contributed by atoms with Crippen LogP contribution in [0.5, 0.6) is 0 Å². The SMILES string of the molecule is CCN(c1ccccn1)c1nnc(-c2ccc(CN3CC(C(=O)O)C3)cc2)s1. The molecule has 1 aliphatic heterocycles. The maximum atomic E-state index is 10.9. The first-order valence-corrected chi connectivity index (χ1v) is 10.0. The average Bonchev–Trinajstić information content (AvgIpc) is 3.16. The molecule has 0 saturated carbocycles. The van der Waals surface area contributed by atoms with Crippen molar-refractivity contribution in [2.24, 2.45) is 5.92 Å². The van der Waals surface area contributed by atoms with Gasteiger partial charge in [0.05, 0.1) is 5.92 Å². The highest BCUT2D eigenvalue weighted by Gasteiger charge is 2.32. The number of hydrogen-bond donors (Lipinski definition) is 1. The average molecular weight is 395 g/mol. The number of benzene rings is 1. The van der Waals surface area contributed by atoms with Gasteiger partial charge in [0.15, 0.2) is 0 Å². The first-order chi connectivity index (χ1) is 13.6. The summed E-state index contributed by atoms with van der Waals surface area (Å²) in [6.07, 6.45) is 1.77. The van der Waals surface area contributed by atoms with Crippen LogP contribution in [-0.2, 0) is 11.3 Å². The van der Waals surface area contributed by atoms with Crippen molar-refractivity contribution in [3.63, 3.8) is 0 Å². The van der Waals surface area contributed by atoms with Crippen LogP contribution in [0, 0.1) is 5.92 Å². The first-order valence-electron chi connectivity index (χ1n) is 9.20. The zero-order valence-electron chi connectivity index (χ0n) is 15.5. The van der Waals surface area contributed by atoms with E-state index in [0.717, 1.165) is 34.6 Å². The minimum absolute atomic E-state index is 0.222. The Bertz CT molecular complexity index is 939. The highest BCUT2D eigenvalue weighted by atomic mass is 32.1. The molecule has 1 fully saturated rings. The highest BCUT2D eigenvalue weighted by Crippen LogP contribution is 2.32. The summed E-state index contributed by atoms with van der Waals surface area (Å²) in [5.41, 5.74) is 2.19. The third kappa shape index (κ3) is 3.88. The number of aromatic nitrogens is 3. The van der Waals surface area contributed by atoms with Crippen molar-refractivity contribution < 1.29 is 9.90 Å². The van der Waals surface area contributed by atoms with E-state index in [4.69, 9.17) is 5.11 Å². The molecule has 0 unspecified atom stereocenters. The van der Waals surface area contributed by atoms with Crippen LogP contribution in [0.4, 0.5) is 10.9 Å². The Morgan fingerprint density at radius 1 is 1.21 bits per heavy atom. The van der Waals surface area contributed by atoms with E-state index in [1.165, 1.54) is 5.56 Å². The van der Waals surface area contributed by atoms with E-state index >= 15 is 0 Å². The summed E-state index contributed by atoms with van der Waals surface area (Å²) in [5, 5.41) is 19.4. The minimum atomic E-state index is -0.703. The van der Waals surface area contributed by atoms with E-state index in [-0.39, 0.29) is 5.92 Å². The first kappa shape index (κ1) is 18.5. The molecular weight excluding hydrogens is 374 g/mol. The Hall–Kier alpha value is -2.84. The third-order valence-electron chi connectivity index (χ3n) is 4.80. The maximum Gasteiger partial charge on any atom is 0.309 e. The molecule has 4 rings (SSSR count). The molecule has 0 spiro atoms. The number of carboxylic acids is 1. The van der Waals surface area contributed by atoms with Crippen molar-refractivity contribution in [1.82, 2.24) is 20.1 Å². The lowest BCUT2D eigenvalue weighted by Gasteiger charge is -2.36. The largest absolute Gasteiger partial charge is 0.481 e. The second-order valence-electron chi connectivity index (χ2n) is 6.75. The van der Waals surface area contributed by atoms with E-state index in [1.54, 1.807) is 17.5 Å². The van der Waals surface area contributed by atoms with Crippen molar-refractivity contribution in [2.75, 3.05) is 24.5 Å². The van der Waals surface area contributed by atoms with E-state index in [1.807, 2.05) is 35.2 Å². The lowest BCUT2D eigenvalue weighted by molar-refractivity contribution is -0.147. The highest BCUT2D eigenvalue weighted by molar-refractivity contribution is 7.18. The van der Waals surface area contributed by atoms with Crippen molar-refractivity contribution in [1.29, 1.82) is 0 Å². The molecule has 1 aromatic carbocycles. The standard InChI is InChI=1S/C20H21N5O2S/c1-2-25(17-5-3-4-10-21-17)20-23-22-18(28-20)15-8-6-14(7-9-15)11-24-12-16(13-24)19(26)27/h3-10,16H,2,11-13H2,1H3,(H,26,27). The van der Waals surface area contributed by atoms with Gasteiger partial charge in [-0.25, -0.2) is 4.98 Å². The zero-order chi connectivity index (χ0) is 19.5. The summed E-state index contributed by atoms with van der Waals surface area (Å²) in [6, 6.07) is 14.1. The van der Waals surface area contributed by atoms with E-state index < -0.39 is 5.97 Å². The maximum absolute atomic E-state index is 10.9. The molecule has 2 aromatic heterocycles. The molecule has 0 aliphatic carbocycles. The van der Waals surface area contributed by atoms with Crippen LogP contribution >= 0.6 is 11.3 Å². The summed E-state index contributed by atoms with van der Waals surface area (Å²) in [7, 11) is 0. The molecule has 1 N–H and O–H groups in total. The molecular formula is C20H21N5O2S. The van der Waals surface area contributed by atoms with Crippen LogP contribution in [0.1, 0.15) is 12.5 Å². The summed E-state index contributed by atoms with van der Waals surface area (Å²) in [4.78, 5) is 19.5. The van der Waals surface area contributed by atoms with Crippen LogP contribution in [0.2, 0.25) is 0 Å². The fourth-order valence-corrected chi connectivity index (χ4v) is 4.14. The van der Waals surface area contributed by atoms with E-state index in [9.17, 15) is 4.79 Å². The van der Waals surface area contributed by atoms with Gasteiger partial charge in [0.1, 0.15) is 10.8 Å². The Kier molecular flexibility index (Phi) is 5.31. The number of nitrogens with zero attached hydrogens (tertiary/aromatic N) is 5. The number of rotatable bonds is 7. The van der Waals surface area contributed by atoms with Gasteiger partial charge in [-0.3, -0.25) is 9.69 Å². The molecule has 0 bridgehead atoms. The van der Waals surface area contributed by atoms with Crippen molar-refractivity contribution >= 4 is 28.3 Å². The summed E-state index contributed by atoms with van der Waals surface area (Å²) in [5.74, 6) is -0.0672. The number of carbonyl (C=O) groups is 1. The van der Waals surface area contributed by atoms with Gasteiger partial charge in [0.25, 0.3) is 0 Å². The smallest absolute Gasteiger partial charge is 0.309 e. The van der Waals surface area contributed by atoms with Crippen LogP contribution < -0.4 is 4.90 Å². The van der Waals surface area contributed by atoms with Crippen LogP contribution in [0.25, 0.3) is 10.6 Å². The quantitative estimate of drug-likeness (QED) is 0.657. The molecule has 3 aromatic rings. The fraction of sp³-hybridized carbons (Fsp3) is 0.300. The molecule has 7 nitrogen and oxygen atoms in total. The normalized spacial score (nSPS) is 14.6. The van der Waals surface area contributed by atoms with Crippen LogP contribution in [-0.4, -0.2) is 50.8 Å². The molecule has 0 radical (unpaired) electrons. The number of pyridine rings is 1. The van der Waals surface area contributed by atoms with Gasteiger partial charge in [-0.2, -0.15) is 0 Å². The molecule has 1 aliphatic rings. The molecule has 144 valence electrons. The minimum Gasteiger partial charge on any atom is -0.481 e. The summed E-state index contributed by atoms with van der Waals surface area (Å²) in [6.45, 7) is 4.84. The second-order valence-corrected chi connectivity index (χ2v) is 7.70. The van der Waals surface area contributed by atoms with Gasteiger partial charge in [0.2, 0.25) is 5.13 Å². The van der Waals surface area contributed by atoms with Gasteiger partial charge in [0, 0.05) is 37.9 Å². The second kappa shape index (κ2) is 8.04. The van der Waals surface area contributed by atoms with Gasteiger partial charge in [-0.1, -0.05) is 41.7 Å². The van der Waals surface area contributed by atoms with Crippen LogP contribution in [0.15, 0.2) is 48.7 Å². The third-order valence-corrected chi connectivity index (χ3v) is 5.80. The van der Waals surface area contributed by atoms with Gasteiger partial charge < -0.3 is 10.0 Å². The van der Waals surface area contributed by atoms with Crippen molar-refractivity contribution in [3.8, 4) is 10.6 Å². The van der Waals surface area contributed by atoms with E-state index in [0.29, 0.717) is 13.1 Å². The van der Waals surface area contributed by atoms with Gasteiger partial charge in [-0.15, -0.1) is 10.2 Å².